The van der Waals surface area contributed by atoms with Crippen LogP contribution < -0.4 is 4.74 Å². The molecule has 2 aliphatic heterocycles. The van der Waals surface area contributed by atoms with E-state index >= 15 is 0 Å². The van der Waals surface area contributed by atoms with Crippen LogP contribution in [0.3, 0.4) is 0 Å². The fourth-order valence-electron chi connectivity index (χ4n) is 4.51. The van der Waals surface area contributed by atoms with Crippen LogP contribution in [0.15, 0.2) is 24.3 Å². The van der Waals surface area contributed by atoms with Gasteiger partial charge in [-0.2, -0.15) is 0 Å². The Morgan fingerprint density at radius 1 is 1.15 bits per heavy atom. The number of rotatable bonds is 8. The zero-order valence-corrected chi connectivity index (χ0v) is 16.9. The highest BCUT2D eigenvalue weighted by atomic mass is 16.5. The molecule has 1 amide bonds. The lowest BCUT2D eigenvalue weighted by molar-refractivity contribution is -0.140. The molecule has 0 N–H and O–H groups in total. The van der Waals surface area contributed by atoms with Gasteiger partial charge >= 0.3 is 0 Å². The summed E-state index contributed by atoms with van der Waals surface area (Å²) in [5, 5.41) is 0. The van der Waals surface area contributed by atoms with Crippen LogP contribution in [0.4, 0.5) is 0 Å². The lowest BCUT2D eigenvalue weighted by Crippen LogP contribution is -2.54. The van der Waals surface area contributed by atoms with Gasteiger partial charge < -0.3 is 14.4 Å². The molecule has 2 saturated heterocycles. The van der Waals surface area contributed by atoms with Crippen molar-refractivity contribution in [3.8, 4) is 5.75 Å². The second kappa shape index (κ2) is 9.56. The van der Waals surface area contributed by atoms with Crippen molar-refractivity contribution >= 4 is 5.91 Å². The van der Waals surface area contributed by atoms with E-state index in [0.29, 0.717) is 19.6 Å². The Labute approximate surface area is 163 Å². The highest BCUT2D eigenvalue weighted by Gasteiger charge is 2.41. The Morgan fingerprint density at radius 3 is 2.81 bits per heavy atom. The number of amides is 1. The molecule has 150 valence electrons. The van der Waals surface area contributed by atoms with E-state index in [-0.39, 0.29) is 11.3 Å². The van der Waals surface area contributed by atoms with Crippen LogP contribution in [-0.4, -0.2) is 62.2 Å². The molecule has 0 radical (unpaired) electrons. The van der Waals surface area contributed by atoms with E-state index in [1.54, 1.807) is 7.11 Å². The molecule has 0 bridgehead atoms. The number of carbonyl (C=O) groups excluding carboxylic acids is 1. The molecule has 1 aromatic carbocycles. The molecule has 2 heterocycles. The Morgan fingerprint density at radius 2 is 2.00 bits per heavy atom. The summed E-state index contributed by atoms with van der Waals surface area (Å²) < 4.78 is 11.1. The number of ether oxygens (including phenoxy) is 2. The fourth-order valence-corrected chi connectivity index (χ4v) is 4.51. The maximum absolute atomic E-state index is 12.3. The van der Waals surface area contributed by atoms with Crippen molar-refractivity contribution in [1.29, 1.82) is 0 Å². The van der Waals surface area contributed by atoms with Gasteiger partial charge in [-0.25, -0.2) is 0 Å². The van der Waals surface area contributed by atoms with Crippen LogP contribution in [0.1, 0.15) is 44.6 Å². The molecule has 5 nitrogen and oxygen atoms in total. The maximum Gasteiger partial charge on any atom is 0.222 e. The first kappa shape index (κ1) is 20.2. The molecule has 1 spiro atoms. The molecular weight excluding hydrogens is 340 g/mol. The Hall–Kier alpha value is -1.59. The highest BCUT2D eigenvalue weighted by Crippen LogP contribution is 2.39. The molecule has 3 rings (SSSR count). The second-order valence-electron chi connectivity index (χ2n) is 8.08. The smallest absolute Gasteiger partial charge is 0.222 e. The number of hydrogen-bond donors (Lipinski definition) is 0. The van der Waals surface area contributed by atoms with Gasteiger partial charge in [-0.15, -0.1) is 0 Å². The summed E-state index contributed by atoms with van der Waals surface area (Å²) in [5.74, 6) is 1.30. The van der Waals surface area contributed by atoms with Crippen molar-refractivity contribution in [2.75, 3.05) is 46.5 Å². The molecule has 5 heteroatoms. The monoisotopic (exact) mass is 374 g/mol. The van der Waals surface area contributed by atoms with Gasteiger partial charge in [0, 0.05) is 50.7 Å². The Balaban J connectivity index is 1.65. The molecular formula is C22H34N2O3. The third-order valence-electron chi connectivity index (χ3n) is 5.88. The lowest BCUT2D eigenvalue weighted by atomic mass is 9.73. The number of benzene rings is 1. The van der Waals surface area contributed by atoms with Crippen LogP contribution in [0.25, 0.3) is 0 Å². The molecule has 0 unspecified atom stereocenters. The van der Waals surface area contributed by atoms with E-state index in [0.717, 1.165) is 51.4 Å². The zero-order chi connectivity index (χ0) is 19.1. The predicted octanol–water partition coefficient (Wildman–Crippen LogP) is 3.33. The first-order valence-corrected chi connectivity index (χ1v) is 10.4. The fraction of sp³-hybridized carbons (Fsp3) is 0.682. The normalized spacial score (nSPS) is 23.8. The van der Waals surface area contributed by atoms with Crippen molar-refractivity contribution in [2.24, 2.45) is 5.41 Å². The van der Waals surface area contributed by atoms with Crippen LogP contribution in [-0.2, 0) is 16.1 Å². The minimum absolute atomic E-state index is 0.235. The summed E-state index contributed by atoms with van der Waals surface area (Å²) >= 11 is 0. The van der Waals surface area contributed by atoms with Crippen LogP contribution >= 0.6 is 0 Å². The van der Waals surface area contributed by atoms with Gasteiger partial charge in [0.25, 0.3) is 0 Å². The van der Waals surface area contributed by atoms with Gasteiger partial charge in [0.1, 0.15) is 5.75 Å². The van der Waals surface area contributed by atoms with Gasteiger partial charge in [0.2, 0.25) is 5.91 Å². The van der Waals surface area contributed by atoms with Gasteiger partial charge in [0.05, 0.1) is 13.2 Å². The number of likely N-dealkylation sites (tertiary alicyclic amines) is 2. The quantitative estimate of drug-likeness (QED) is 0.700. The van der Waals surface area contributed by atoms with E-state index in [1.165, 1.54) is 18.4 Å². The lowest BCUT2D eigenvalue weighted by Gasteiger charge is -2.48. The van der Waals surface area contributed by atoms with E-state index < -0.39 is 0 Å². The molecule has 2 aliphatic rings. The molecule has 2 fully saturated rings. The summed E-state index contributed by atoms with van der Waals surface area (Å²) in [6.45, 7) is 8.21. The molecule has 0 aliphatic carbocycles. The van der Waals surface area contributed by atoms with Crippen LogP contribution in [0.2, 0.25) is 0 Å². The van der Waals surface area contributed by atoms with Gasteiger partial charge in [-0.05, 0) is 38.3 Å². The molecule has 0 saturated carbocycles. The minimum Gasteiger partial charge on any atom is -0.493 e. The van der Waals surface area contributed by atoms with Crippen molar-refractivity contribution in [1.82, 2.24) is 9.80 Å². The molecule has 0 aromatic heterocycles. The first-order chi connectivity index (χ1) is 13.2. The standard InChI is InChI=1S/C22H34N2O3/c1-3-14-27-20-8-5-4-7-19(20)16-23-12-6-10-22(17-23)11-9-21(25)24(18-22)13-15-26-2/h4-5,7-8H,3,6,9-18H2,1-2H3/t22-/m1/s1. The van der Waals surface area contributed by atoms with E-state index in [1.807, 2.05) is 11.0 Å². The van der Waals surface area contributed by atoms with E-state index in [2.05, 4.69) is 30.0 Å². The molecule has 27 heavy (non-hydrogen) atoms. The Bertz CT molecular complexity index is 621. The van der Waals surface area contributed by atoms with E-state index in [4.69, 9.17) is 9.47 Å². The van der Waals surface area contributed by atoms with Crippen LogP contribution in [0.5, 0.6) is 5.75 Å². The van der Waals surface area contributed by atoms with Crippen molar-refractivity contribution < 1.29 is 14.3 Å². The van der Waals surface area contributed by atoms with E-state index in [9.17, 15) is 4.79 Å². The summed E-state index contributed by atoms with van der Waals surface area (Å²) in [6, 6.07) is 8.41. The predicted molar refractivity (Wildman–Crippen MR) is 107 cm³/mol. The number of methoxy groups -OCH3 is 1. The average Bonchev–Trinajstić information content (AvgIpc) is 2.68. The summed E-state index contributed by atoms with van der Waals surface area (Å²) in [7, 11) is 1.70. The SMILES string of the molecule is CCCOc1ccccc1CN1CCC[C@@]2(CCC(=O)N(CCOC)C2)C1. The third kappa shape index (κ3) is 5.23. The summed E-state index contributed by atoms with van der Waals surface area (Å²) in [5.41, 5.74) is 1.50. The molecule has 1 aromatic rings. The maximum atomic E-state index is 12.3. The third-order valence-corrected chi connectivity index (χ3v) is 5.88. The van der Waals surface area contributed by atoms with Crippen LogP contribution in [0, 0.1) is 5.41 Å². The average molecular weight is 375 g/mol. The number of nitrogens with zero attached hydrogens (tertiary/aromatic N) is 2. The second-order valence-corrected chi connectivity index (χ2v) is 8.08. The van der Waals surface area contributed by atoms with Gasteiger partial charge in [-0.1, -0.05) is 25.1 Å². The Kier molecular flexibility index (Phi) is 7.13. The van der Waals surface area contributed by atoms with Crippen molar-refractivity contribution in [3.63, 3.8) is 0 Å². The summed E-state index contributed by atoms with van der Waals surface area (Å²) in [4.78, 5) is 16.9. The number of carbonyl (C=O) groups is 1. The summed E-state index contributed by atoms with van der Waals surface area (Å²) in [6.07, 6.45) is 5.12. The number of piperidine rings is 2. The van der Waals surface area contributed by atoms with Crippen molar-refractivity contribution in [3.05, 3.63) is 29.8 Å². The number of hydrogen-bond acceptors (Lipinski definition) is 4. The minimum atomic E-state index is 0.235. The first-order valence-electron chi connectivity index (χ1n) is 10.4. The van der Waals surface area contributed by atoms with Gasteiger partial charge in [-0.3, -0.25) is 9.69 Å². The largest absolute Gasteiger partial charge is 0.493 e. The van der Waals surface area contributed by atoms with Gasteiger partial charge in [0.15, 0.2) is 0 Å². The van der Waals surface area contributed by atoms with Crippen molar-refractivity contribution in [2.45, 2.75) is 45.6 Å². The zero-order valence-electron chi connectivity index (χ0n) is 16.9. The highest BCUT2D eigenvalue weighted by molar-refractivity contribution is 5.77. The topological polar surface area (TPSA) is 42.0 Å². The number of para-hydroxylation sites is 1. The molecule has 1 atom stereocenters.